The first-order valence-corrected chi connectivity index (χ1v) is 5.00. The Bertz CT molecular complexity index is 160. The van der Waals surface area contributed by atoms with E-state index in [4.69, 9.17) is 0 Å². The van der Waals surface area contributed by atoms with Gasteiger partial charge >= 0.3 is 0 Å². The van der Waals surface area contributed by atoms with Crippen LogP contribution in [-0.4, -0.2) is 6.29 Å². The lowest BCUT2D eigenvalue weighted by Crippen LogP contribution is -2.18. The van der Waals surface area contributed by atoms with Gasteiger partial charge in [-0.3, -0.25) is 0 Å². The Hall–Kier alpha value is -0.330. The number of aldehydes is 1. The molecule has 1 heteroatoms. The number of carbonyl (C=O) groups excluding carboxylic acids is 1. The van der Waals surface area contributed by atoms with Crippen LogP contribution in [0.15, 0.2) is 0 Å². The highest BCUT2D eigenvalue weighted by Crippen LogP contribution is 2.38. The molecule has 12 heavy (non-hydrogen) atoms. The van der Waals surface area contributed by atoms with Crippen molar-refractivity contribution in [2.24, 2.45) is 17.3 Å². The van der Waals surface area contributed by atoms with Gasteiger partial charge in [0.1, 0.15) is 6.29 Å². The van der Waals surface area contributed by atoms with E-state index in [-0.39, 0.29) is 0 Å². The highest BCUT2D eigenvalue weighted by atomic mass is 16.1. The summed E-state index contributed by atoms with van der Waals surface area (Å²) in [6, 6.07) is 0. The van der Waals surface area contributed by atoms with Gasteiger partial charge in [-0.1, -0.05) is 33.6 Å². The summed E-state index contributed by atoms with van der Waals surface area (Å²) in [6.07, 6.45) is 6.04. The molecule has 2 atom stereocenters. The molecule has 0 aromatic rings. The summed E-state index contributed by atoms with van der Waals surface area (Å²) >= 11 is 0. The van der Waals surface area contributed by atoms with E-state index in [9.17, 15) is 4.79 Å². The highest BCUT2D eigenvalue weighted by molar-refractivity contribution is 5.54. The van der Waals surface area contributed by atoms with Crippen molar-refractivity contribution in [3.63, 3.8) is 0 Å². The van der Waals surface area contributed by atoms with E-state index in [1.807, 2.05) is 0 Å². The number of hydrogen-bond acceptors (Lipinski definition) is 1. The molecule has 0 bridgehead atoms. The van der Waals surface area contributed by atoms with Crippen LogP contribution in [0.1, 0.15) is 46.5 Å². The molecule has 0 N–H and O–H groups in total. The van der Waals surface area contributed by atoms with Crippen LogP contribution in [0.25, 0.3) is 0 Å². The van der Waals surface area contributed by atoms with Crippen molar-refractivity contribution in [1.82, 2.24) is 0 Å². The van der Waals surface area contributed by atoms with E-state index in [1.165, 1.54) is 19.3 Å². The molecule has 1 rings (SSSR count). The minimum absolute atomic E-state index is 0.308. The van der Waals surface area contributed by atoms with Crippen molar-refractivity contribution in [2.75, 3.05) is 0 Å². The molecule has 0 saturated heterocycles. The van der Waals surface area contributed by atoms with Crippen LogP contribution >= 0.6 is 0 Å². The zero-order valence-corrected chi connectivity index (χ0v) is 8.47. The molecule has 0 spiro atoms. The van der Waals surface area contributed by atoms with E-state index >= 15 is 0 Å². The molecule has 0 aromatic heterocycles. The Morgan fingerprint density at radius 2 is 2.08 bits per heavy atom. The highest BCUT2D eigenvalue weighted by Gasteiger charge is 2.29. The SMILES string of the molecule is CC1CCCC(C)(C)CC1C=O. The molecule has 2 unspecified atom stereocenters. The van der Waals surface area contributed by atoms with Crippen LogP contribution in [0.3, 0.4) is 0 Å². The molecule has 0 radical (unpaired) electrons. The largest absolute Gasteiger partial charge is 0.303 e. The Labute approximate surface area is 75.5 Å². The summed E-state index contributed by atoms with van der Waals surface area (Å²) in [4.78, 5) is 10.8. The molecule has 0 aliphatic heterocycles. The molecule has 1 nitrogen and oxygen atoms in total. The van der Waals surface area contributed by atoms with Crippen LogP contribution in [0, 0.1) is 17.3 Å². The number of rotatable bonds is 1. The fourth-order valence-electron chi connectivity index (χ4n) is 2.24. The number of hydrogen-bond donors (Lipinski definition) is 0. The van der Waals surface area contributed by atoms with Gasteiger partial charge in [-0.2, -0.15) is 0 Å². The molecule has 70 valence electrons. The third kappa shape index (κ3) is 2.33. The van der Waals surface area contributed by atoms with E-state index < -0.39 is 0 Å². The van der Waals surface area contributed by atoms with E-state index in [0.717, 1.165) is 12.7 Å². The lowest BCUT2D eigenvalue weighted by molar-refractivity contribution is -0.113. The minimum atomic E-state index is 0.308. The lowest BCUT2D eigenvalue weighted by atomic mass is 9.80. The van der Waals surface area contributed by atoms with Crippen molar-refractivity contribution in [2.45, 2.75) is 46.5 Å². The van der Waals surface area contributed by atoms with Crippen molar-refractivity contribution in [3.05, 3.63) is 0 Å². The van der Waals surface area contributed by atoms with Crippen LogP contribution in [-0.2, 0) is 4.79 Å². The molecule has 1 aliphatic rings. The first-order valence-electron chi connectivity index (χ1n) is 5.00. The smallest absolute Gasteiger partial charge is 0.123 e. The summed E-state index contributed by atoms with van der Waals surface area (Å²) in [5, 5.41) is 0. The first-order chi connectivity index (χ1) is 5.55. The van der Waals surface area contributed by atoms with Crippen molar-refractivity contribution >= 4 is 6.29 Å². The van der Waals surface area contributed by atoms with E-state index in [0.29, 0.717) is 17.3 Å². The van der Waals surface area contributed by atoms with Gasteiger partial charge in [-0.25, -0.2) is 0 Å². The first kappa shape index (κ1) is 9.76. The van der Waals surface area contributed by atoms with Gasteiger partial charge < -0.3 is 4.79 Å². The van der Waals surface area contributed by atoms with Crippen LogP contribution in [0.4, 0.5) is 0 Å². The summed E-state index contributed by atoms with van der Waals surface area (Å²) in [5.74, 6) is 0.909. The molecule has 1 aliphatic carbocycles. The molecular weight excluding hydrogens is 148 g/mol. The Morgan fingerprint density at radius 3 is 2.67 bits per heavy atom. The summed E-state index contributed by atoms with van der Waals surface area (Å²) in [7, 11) is 0. The minimum Gasteiger partial charge on any atom is -0.303 e. The second-order valence-corrected chi connectivity index (χ2v) is 5.04. The molecule has 0 amide bonds. The third-order valence-electron chi connectivity index (χ3n) is 3.21. The Morgan fingerprint density at radius 1 is 1.42 bits per heavy atom. The van der Waals surface area contributed by atoms with Gasteiger partial charge in [0.25, 0.3) is 0 Å². The topological polar surface area (TPSA) is 17.1 Å². The normalized spacial score (nSPS) is 35.6. The van der Waals surface area contributed by atoms with E-state index in [2.05, 4.69) is 20.8 Å². The monoisotopic (exact) mass is 168 g/mol. The average Bonchev–Trinajstić information content (AvgIpc) is 2.10. The fraction of sp³-hybridized carbons (Fsp3) is 0.909. The standard InChI is InChI=1S/C11H20O/c1-9-5-4-6-11(2,3)7-10(9)8-12/h8-10H,4-7H2,1-3H3. The molecule has 1 saturated carbocycles. The van der Waals surface area contributed by atoms with Crippen LogP contribution in [0.2, 0.25) is 0 Å². The molecule has 0 heterocycles. The maximum atomic E-state index is 10.8. The predicted octanol–water partition coefficient (Wildman–Crippen LogP) is 3.04. The van der Waals surface area contributed by atoms with Crippen molar-refractivity contribution < 1.29 is 4.79 Å². The van der Waals surface area contributed by atoms with Gasteiger partial charge in [0, 0.05) is 5.92 Å². The lowest BCUT2D eigenvalue weighted by Gasteiger charge is -2.25. The van der Waals surface area contributed by atoms with Gasteiger partial charge in [0.2, 0.25) is 0 Å². The van der Waals surface area contributed by atoms with Crippen LogP contribution in [0.5, 0.6) is 0 Å². The fourth-order valence-corrected chi connectivity index (χ4v) is 2.24. The molecular formula is C11H20O. The summed E-state index contributed by atoms with van der Waals surface area (Å²) < 4.78 is 0. The molecule has 0 aromatic carbocycles. The second kappa shape index (κ2) is 3.59. The van der Waals surface area contributed by atoms with Crippen molar-refractivity contribution in [3.8, 4) is 0 Å². The number of carbonyl (C=O) groups is 1. The van der Waals surface area contributed by atoms with Gasteiger partial charge in [-0.15, -0.1) is 0 Å². The zero-order chi connectivity index (χ0) is 9.19. The second-order valence-electron chi connectivity index (χ2n) is 5.04. The van der Waals surface area contributed by atoms with Gasteiger partial charge in [0.05, 0.1) is 0 Å². The predicted molar refractivity (Wildman–Crippen MR) is 51.0 cm³/mol. The quantitative estimate of drug-likeness (QED) is 0.434. The average molecular weight is 168 g/mol. The Balaban J connectivity index is 2.65. The van der Waals surface area contributed by atoms with Gasteiger partial charge in [0.15, 0.2) is 0 Å². The van der Waals surface area contributed by atoms with Crippen LogP contribution < -0.4 is 0 Å². The summed E-state index contributed by atoms with van der Waals surface area (Å²) in [6.45, 7) is 6.77. The van der Waals surface area contributed by atoms with Gasteiger partial charge in [-0.05, 0) is 24.2 Å². The zero-order valence-electron chi connectivity index (χ0n) is 8.47. The molecule has 1 fully saturated rings. The third-order valence-corrected chi connectivity index (χ3v) is 3.21. The maximum absolute atomic E-state index is 10.8. The van der Waals surface area contributed by atoms with E-state index in [1.54, 1.807) is 0 Å². The maximum Gasteiger partial charge on any atom is 0.123 e. The summed E-state index contributed by atoms with van der Waals surface area (Å²) in [5.41, 5.74) is 0.385. The van der Waals surface area contributed by atoms with Crippen molar-refractivity contribution in [1.29, 1.82) is 0 Å². The Kier molecular flexibility index (Phi) is 2.92.